The molecule has 18 heavy (non-hydrogen) atoms. The van der Waals surface area contributed by atoms with Gasteiger partial charge in [0, 0.05) is 6.42 Å². The number of nitrogens with one attached hydrogen (secondary N) is 2. The van der Waals surface area contributed by atoms with Gasteiger partial charge in [0.2, 0.25) is 17.7 Å². The monoisotopic (exact) mass is 257 g/mol. The van der Waals surface area contributed by atoms with Crippen LogP contribution in [0.25, 0.3) is 0 Å². The van der Waals surface area contributed by atoms with Gasteiger partial charge in [0.05, 0.1) is 6.42 Å². The number of carbonyl (C=O) groups excluding carboxylic acids is 4. The largest absolute Gasteiger partial charge is 0.481 e. The van der Waals surface area contributed by atoms with E-state index in [1.54, 1.807) is 0 Å². The Balaban J connectivity index is 2.44. The average molecular weight is 257 g/mol. The maximum Gasteiger partial charge on any atom is 0.324 e. The second kappa shape index (κ2) is 5.75. The molecule has 3 N–H and O–H groups in total. The summed E-state index contributed by atoms with van der Waals surface area (Å²) in [5, 5.41) is 12.2. The molecular weight excluding hydrogens is 246 g/mol. The fourth-order valence-corrected chi connectivity index (χ4v) is 1.26. The van der Waals surface area contributed by atoms with Crippen LogP contribution < -0.4 is 10.6 Å². The van der Waals surface area contributed by atoms with Crippen LogP contribution in [0.15, 0.2) is 0 Å². The first-order chi connectivity index (χ1) is 8.38. The zero-order valence-electron chi connectivity index (χ0n) is 9.26. The van der Waals surface area contributed by atoms with Gasteiger partial charge in [-0.25, -0.2) is 4.79 Å². The number of rotatable bonds is 3. The Bertz CT molecular complexity index is 403. The fraction of sp³-hybridized carbons (Fsp3) is 0.444. The molecule has 0 aromatic heterocycles. The lowest BCUT2D eigenvalue weighted by Crippen LogP contribution is -2.56. The number of hydrogen-bond donors (Lipinski definition) is 3. The minimum atomic E-state index is -1.16. The van der Waals surface area contributed by atoms with E-state index in [2.05, 4.69) is 0 Å². The van der Waals surface area contributed by atoms with Crippen molar-refractivity contribution in [3.63, 3.8) is 0 Å². The third-order valence-electron chi connectivity index (χ3n) is 2.05. The lowest BCUT2D eigenvalue weighted by Gasteiger charge is -2.25. The normalized spacial score (nSPS) is 15.0. The van der Waals surface area contributed by atoms with Crippen molar-refractivity contribution >= 4 is 29.7 Å². The molecule has 0 unspecified atom stereocenters. The summed E-state index contributed by atoms with van der Waals surface area (Å²) in [6, 6.07) is -0.895. The van der Waals surface area contributed by atoms with Crippen LogP contribution in [0.1, 0.15) is 12.8 Å². The molecule has 98 valence electrons. The van der Waals surface area contributed by atoms with Gasteiger partial charge < -0.3 is 10.0 Å². The molecule has 9 heteroatoms. The number of carboxylic acid groups (broad SMARTS) is 1. The highest BCUT2D eigenvalue weighted by Gasteiger charge is 2.27. The van der Waals surface area contributed by atoms with E-state index in [1.807, 2.05) is 10.6 Å². The molecule has 1 saturated heterocycles. The first kappa shape index (κ1) is 13.6. The van der Waals surface area contributed by atoms with E-state index < -0.39 is 36.1 Å². The molecule has 0 bridgehead atoms. The summed E-state index contributed by atoms with van der Waals surface area (Å²) >= 11 is 0. The number of urea groups is 1. The summed E-state index contributed by atoms with van der Waals surface area (Å²) in [6.45, 7) is -0.659. The fourth-order valence-electron chi connectivity index (χ4n) is 1.26. The molecular formula is C9H11N3O6. The zero-order valence-corrected chi connectivity index (χ0v) is 9.26. The van der Waals surface area contributed by atoms with Crippen LogP contribution in [-0.2, 0) is 19.2 Å². The topological polar surface area (TPSA) is 133 Å². The summed E-state index contributed by atoms with van der Waals surface area (Å²) in [6.07, 6.45) is -0.756. The highest BCUT2D eigenvalue weighted by Crippen LogP contribution is 1.96. The van der Waals surface area contributed by atoms with Gasteiger partial charge in [-0.05, 0) is 0 Å². The van der Waals surface area contributed by atoms with Crippen molar-refractivity contribution in [2.45, 2.75) is 12.8 Å². The van der Waals surface area contributed by atoms with Crippen molar-refractivity contribution in [3.8, 4) is 0 Å². The number of amides is 5. The van der Waals surface area contributed by atoms with Gasteiger partial charge in [-0.3, -0.25) is 29.8 Å². The molecule has 0 saturated carbocycles. The minimum Gasteiger partial charge on any atom is -0.481 e. The lowest BCUT2D eigenvalue weighted by atomic mass is 10.3. The molecule has 1 fully saturated rings. The number of imide groups is 2. The van der Waals surface area contributed by atoms with Crippen LogP contribution in [0.3, 0.4) is 0 Å². The molecule has 0 aliphatic carbocycles. The van der Waals surface area contributed by atoms with Crippen molar-refractivity contribution in [1.29, 1.82) is 0 Å². The van der Waals surface area contributed by atoms with Crippen molar-refractivity contribution < 1.29 is 29.1 Å². The number of aliphatic carboxylic acids is 1. The summed E-state index contributed by atoms with van der Waals surface area (Å²) < 4.78 is 0. The molecule has 0 spiro atoms. The highest BCUT2D eigenvalue weighted by molar-refractivity contribution is 6.04. The number of nitrogens with zero attached hydrogens (tertiary/aromatic N) is 1. The average Bonchev–Trinajstić information content (AvgIpc) is 2.25. The van der Waals surface area contributed by atoms with Gasteiger partial charge in [0.1, 0.15) is 13.1 Å². The van der Waals surface area contributed by atoms with Crippen LogP contribution >= 0.6 is 0 Å². The zero-order chi connectivity index (χ0) is 13.7. The maximum absolute atomic E-state index is 11.5. The van der Waals surface area contributed by atoms with Gasteiger partial charge in [-0.2, -0.15) is 0 Å². The van der Waals surface area contributed by atoms with Gasteiger partial charge in [0.25, 0.3) is 0 Å². The summed E-state index contributed by atoms with van der Waals surface area (Å²) in [4.78, 5) is 55.6. The van der Waals surface area contributed by atoms with Crippen LogP contribution in [-0.4, -0.2) is 52.8 Å². The summed E-state index contributed by atoms with van der Waals surface area (Å²) in [5.41, 5.74) is 0. The van der Waals surface area contributed by atoms with Gasteiger partial charge in [-0.1, -0.05) is 0 Å². The lowest BCUT2D eigenvalue weighted by molar-refractivity contribution is -0.138. The molecule has 1 rings (SSSR count). The first-order valence-electron chi connectivity index (χ1n) is 5.01. The third-order valence-corrected chi connectivity index (χ3v) is 2.05. The molecule has 0 radical (unpaired) electrons. The van der Waals surface area contributed by atoms with Crippen LogP contribution in [0, 0.1) is 0 Å². The van der Waals surface area contributed by atoms with E-state index in [0.717, 1.165) is 4.90 Å². The van der Waals surface area contributed by atoms with Crippen LogP contribution in [0.5, 0.6) is 0 Å². The second-order valence-electron chi connectivity index (χ2n) is 3.57. The van der Waals surface area contributed by atoms with E-state index in [4.69, 9.17) is 5.11 Å². The SMILES string of the molecule is O=C(O)CCC(=O)NC(=O)N1CC(=O)NC(=O)C1. The predicted octanol–water partition coefficient (Wildman–Crippen LogP) is -1.95. The van der Waals surface area contributed by atoms with Crippen molar-refractivity contribution in [3.05, 3.63) is 0 Å². The molecule has 9 nitrogen and oxygen atoms in total. The van der Waals surface area contributed by atoms with E-state index >= 15 is 0 Å². The molecule has 0 atom stereocenters. The number of piperazine rings is 1. The Morgan fingerprint density at radius 2 is 1.72 bits per heavy atom. The van der Waals surface area contributed by atoms with E-state index in [1.165, 1.54) is 0 Å². The first-order valence-corrected chi connectivity index (χ1v) is 5.01. The van der Waals surface area contributed by atoms with Gasteiger partial charge in [-0.15, -0.1) is 0 Å². The Morgan fingerprint density at radius 1 is 1.17 bits per heavy atom. The number of hydrogen-bond acceptors (Lipinski definition) is 5. The van der Waals surface area contributed by atoms with E-state index in [9.17, 15) is 24.0 Å². The smallest absolute Gasteiger partial charge is 0.324 e. The molecule has 1 aliphatic rings. The van der Waals surface area contributed by atoms with Gasteiger partial charge >= 0.3 is 12.0 Å². The molecule has 0 aromatic carbocycles. The highest BCUT2D eigenvalue weighted by atomic mass is 16.4. The van der Waals surface area contributed by atoms with E-state index in [0.29, 0.717) is 0 Å². The predicted molar refractivity (Wildman–Crippen MR) is 55.1 cm³/mol. The molecule has 1 heterocycles. The minimum absolute atomic E-state index is 0.330. The van der Waals surface area contributed by atoms with Crippen molar-refractivity contribution in [1.82, 2.24) is 15.5 Å². The number of carbonyl (C=O) groups is 5. The molecule has 0 aromatic rings. The quantitative estimate of drug-likeness (QED) is 0.503. The summed E-state index contributed by atoms with van der Waals surface area (Å²) in [7, 11) is 0. The Hall–Kier alpha value is -2.45. The Labute approximate surface area is 101 Å². The van der Waals surface area contributed by atoms with Crippen molar-refractivity contribution in [2.24, 2.45) is 0 Å². The van der Waals surface area contributed by atoms with Crippen LogP contribution in [0.2, 0.25) is 0 Å². The Morgan fingerprint density at radius 3 is 2.22 bits per heavy atom. The Kier molecular flexibility index (Phi) is 4.35. The third kappa shape index (κ3) is 4.20. The maximum atomic E-state index is 11.5. The number of carboxylic acids is 1. The summed E-state index contributed by atoms with van der Waals surface area (Å²) in [5.74, 6) is -3.22. The molecule has 5 amide bonds. The van der Waals surface area contributed by atoms with Gasteiger partial charge in [0.15, 0.2) is 0 Å². The van der Waals surface area contributed by atoms with E-state index in [-0.39, 0.29) is 19.5 Å². The van der Waals surface area contributed by atoms with Crippen LogP contribution in [0.4, 0.5) is 4.79 Å². The van der Waals surface area contributed by atoms with Crippen molar-refractivity contribution in [2.75, 3.05) is 13.1 Å². The second-order valence-corrected chi connectivity index (χ2v) is 3.57. The standard InChI is InChI=1S/C9H11N3O6/c13-5(1-2-8(16)17)11-9(18)12-3-6(14)10-7(15)4-12/h1-4H2,(H,16,17)(H,10,14,15)(H,11,13,18). The molecule has 1 aliphatic heterocycles.